The van der Waals surface area contributed by atoms with E-state index in [1.165, 1.54) is 119 Å². The maximum absolute atomic E-state index is 3.66. The Labute approximate surface area is 508 Å². The van der Waals surface area contributed by atoms with Gasteiger partial charge in [0, 0.05) is 97.2 Å². The molecule has 9 heteroatoms. The molecule has 0 radical (unpaired) electrons. The summed E-state index contributed by atoms with van der Waals surface area (Å²) in [4.78, 5) is 7.55. The number of nitrogens with zero attached hydrogens (tertiary/aromatic N) is 5. The van der Waals surface area contributed by atoms with Crippen molar-refractivity contribution in [2.75, 3.05) is 10.2 Å². The van der Waals surface area contributed by atoms with Crippen molar-refractivity contribution in [3.05, 3.63) is 308 Å². The predicted octanol–water partition coefficient (Wildman–Crippen LogP) is 22.0. The molecule has 16 aromatic rings. The Morgan fingerprint density at radius 2 is 0.694 bits per heavy atom. The smallest absolute Gasteiger partial charge is 0.0788 e. The largest absolute Gasteiger partial charge is 0.354 e. The zero-order valence-corrected chi connectivity index (χ0v) is 49.0. The molecular formula is C76H51BrN6S2. The normalized spacial score (nSPS) is 12.3. The van der Waals surface area contributed by atoms with Crippen LogP contribution in [0, 0.1) is 0 Å². The van der Waals surface area contributed by atoms with E-state index in [0.717, 1.165) is 21.5 Å². The highest BCUT2D eigenvalue weighted by Gasteiger charge is 2.26. The van der Waals surface area contributed by atoms with Gasteiger partial charge in [0.25, 0.3) is 0 Å². The van der Waals surface area contributed by atoms with E-state index in [-0.39, 0.29) is 0 Å². The Bertz CT molecular complexity index is 5050. The summed E-state index contributed by atoms with van der Waals surface area (Å²) < 4.78 is 10.5. The Balaban J connectivity index is 0.000000117. The number of hydrogen-bond donors (Lipinski definition) is 1. The molecule has 0 aliphatic carbocycles. The van der Waals surface area contributed by atoms with Gasteiger partial charge in [0.1, 0.15) is 0 Å². The fourth-order valence-electron chi connectivity index (χ4n) is 12.4. The highest BCUT2D eigenvalue weighted by atomic mass is 79.9. The van der Waals surface area contributed by atoms with Crippen molar-refractivity contribution in [1.29, 1.82) is 0 Å². The molecule has 6 heterocycles. The number of hydrogen-bond acceptors (Lipinski definition) is 4. The standard InChI is InChI=1S/C38H25N3S.C26H17BrN2.C12H9NS/c1-3-11-27(12-4-1)39-24-23-26-19-21-30-31-25-29(20-22-32(31)41(38(30)37(26)39)28-13-5-2-6-14-28)40-33-15-7-9-17-35(33)42-36-18-10-8-16-34(36)40;27-19-12-14-24-23(17-19)22-13-11-18-15-16-28(20-7-3-1-4-8-20)25(18)26(22)29(24)21-9-5-2-6-10-21;1-3-7-11-9(5-1)13-10-6-2-4-8-12(10)14-11/h1-25H;1-17H;1-8,13H. The fraction of sp³-hybridized carbons (Fsp3) is 0. The van der Waals surface area contributed by atoms with Gasteiger partial charge >= 0.3 is 0 Å². The summed E-state index contributed by atoms with van der Waals surface area (Å²) in [5, 5.41) is 10.9. The van der Waals surface area contributed by atoms with Crippen molar-refractivity contribution in [2.45, 2.75) is 19.6 Å². The number of anilines is 5. The van der Waals surface area contributed by atoms with Crippen LogP contribution in [0.3, 0.4) is 0 Å². The summed E-state index contributed by atoms with van der Waals surface area (Å²) in [6.07, 6.45) is 4.36. The minimum atomic E-state index is 1.09. The SMILES string of the molecule is Brc1ccc2c(c1)c1ccc3ccn(-c4ccccc4)c3c1n2-c1ccccc1.c1ccc(-n2ccc3ccc4c5cc(N6c7ccccc7Sc7ccccc76)ccc5n(-c5ccccc5)c4c32)cc1.c1ccc2c(c1)Nc1ccccc1S2. The van der Waals surface area contributed by atoms with Crippen molar-refractivity contribution in [3.63, 3.8) is 0 Å². The Kier molecular flexibility index (Phi) is 12.8. The van der Waals surface area contributed by atoms with Gasteiger partial charge in [0.05, 0.1) is 55.8 Å². The highest BCUT2D eigenvalue weighted by Crippen LogP contribution is 2.52. The first-order valence-corrected chi connectivity index (χ1v) is 30.8. The number of rotatable bonds is 5. The average Bonchev–Trinajstić information content (AvgIpc) is 1.94. The van der Waals surface area contributed by atoms with Gasteiger partial charge in [0.2, 0.25) is 0 Å². The molecular weight excluding hydrogens is 1140 g/mol. The van der Waals surface area contributed by atoms with Gasteiger partial charge in [-0.1, -0.05) is 185 Å². The van der Waals surface area contributed by atoms with Crippen LogP contribution in [0.4, 0.5) is 28.4 Å². The molecule has 85 heavy (non-hydrogen) atoms. The number of halogens is 1. The van der Waals surface area contributed by atoms with Crippen LogP contribution in [-0.2, 0) is 0 Å². The molecule has 2 aliphatic heterocycles. The minimum Gasteiger partial charge on any atom is -0.354 e. The van der Waals surface area contributed by atoms with Crippen LogP contribution in [0.15, 0.2) is 328 Å². The lowest BCUT2D eigenvalue weighted by atomic mass is 10.1. The Morgan fingerprint density at radius 1 is 0.294 bits per heavy atom. The van der Waals surface area contributed by atoms with Gasteiger partial charge in [0.15, 0.2) is 0 Å². The molecule has 0 amide bonds. The molecule has 404 valence electrons. The number of para-hydroxylation sites is 8. The van der Waals surface area contributed by atoms with Crippen molar-refractivity contribution in [1.82, 2.24) is 18.3 Å². The Hall–Kier alpha value is -9.90. The lowest BCUT2D eigenvalue weighted by Crippen LogP contribution is -2.14. The topological polar surface area (TPSA) is 35.0 Å². The van der Waals surface area contributed by atoms with Gasteiger partial charge in [-0.25, -0.2) is 0 Å². The second-order valence-corrected chi connectivity index (χ2v) is 24.2. The second-order valence-electron chi connectivity index (χ2n) is 21.1. The van der Waals surface area contributed by atoms with Crippen molar-refractivity contribution in [3.8, 4) is 22.7 Å². The summed E-state index contributed by atoms with van der Waals surface area (Å²) in [6, 6.07) is 104. The van der Waals surface area contributed by atoms with E-state index in [9.17, 15) is 0 Å². The molecule has 1 N–H and O–H groups in total. The second kappa shape index (κ2) is 21.4. The van der Waals surface area contributed by atoms with E-state index in [2.05, 4.69) is 348 Å². The third-order valence-corrected chi connectivity index (χ3v) is 18.9. The van der Waals surface area contributed by atoms with Crippen molar-refractivity contribution >= 4 is 133 Å². The molecule has 18 rings (SSSR count). The quantitative estimate of drug-likeness (QED) is 0.186. The molecule has 0 fully saturated rings. The maximum atomic E-state index is 3.66. The molecule has 0 saturated heterocycles. The predicted molar refractivity (Wildman–Crippen MR) is 362 cm³/mol. The summed E-state index contributed by atoms with van der Waals surface area (Å²) in [5.41, 5.74) is 17.9. The zero-order valence-electron chi connectivity index (χ0n) is 45.8. The van der Waals surface area contributed by atoms with E-state index in [4.69, 9.17) is 0 Å². The van der Waals surface area contributed by atoms with Gasteiger partial charge in [-0.3, -0.25) is 0 Å². The molecule has 12 aromatic carbocycles. The van der Waals surface area contributed by atoms with Gasteiger partial charge in [-0.05, 0) is 146 Å². The number of nitrogens with one attached hydrogen (secondary N) is 1. The van der Waals surface area contributed by atoms with E-state index < -0.39 is 0 Å². The summed E-state index contributed by atoms with van der Waals surface area (Å²) in [7, 11) is 0. The molecule has 2 aliphatic rings. The zero-order chi connectivity index (χ0) is 56.4. The molecule has 0 unspecified atom stereocenters. The van der Waals surface area contributed by atoms with Crippen LogP contribution in [0.25, 0.3) is 88.2 Å². The highest BCUT2D eigenvalue weighted by molar-refractivity contribution is 9.10. The molecule has 0 saturated carbocycles. The van der Waals surface area contributed by atoms with Crippen LogP contribution in [-0.4, -0.2) is 18.3 Å². The minimum absolute atomic E-state index is 1.09. The summed E-state index contributed by atoms with van der Waals surface area (Å²) in [5.74, 6) is 0. The van der Waals surface area contributed by atoms with Crippen LogP contribution >= 0.6 is 39.5 Å². The van der Waals surface area contributed by atoms with E-state index in [1.807, 2.05) is 23.5 Å². The van der Waals surface area contributed by atoms with Crippen LogP contribution < -0.4 is 10.2 Å². The number of benzene rings is 12. The monoisotopic (exact) mass is 1190 g/mol. The van der Waals surface area contributed by atoms with Crippen LogP contribution in [0.5, 0.6) is 0 Å². The molecule has 0 bridgehead atoms. The first-order valence-electron chi connectivity index (χ1n) is 28.4. The molecule has 4 aromatic heterocycles. The van der Waals surface area contributed by atoms with Gasteiger partial charge in [-0.15, -0.1) is 0 Å². The molecule has 6 nitrogen and oxygen atoms in total. The number of fused-ring (bicyclic) bond motifs is 14. The van der Waals surface area contributed by atoms with Gasteiger partial charge < -0.3 is 28.5 Å². The lowest BCUT2D eigenvalue weighted by Gasteiger charge is -2.32. The van der Waals surface area contributed by atoms with Crippen molar-refractivity contribution < 1.29 is 0 Å². The first kappa shape index (κ1) is 50.8. The number of aromatic nitrogens is 4. The van der Waals surface area contributed by atoms with Crippen LogP contribution in [0.1, 0.15) is 0 Å². The van der Waals surface area contributed by atoms with E-state index >= 15 is 0 Å². The molecule has 0 spiro atoms. The third-order valence-electron chi connectivity index (χ3n) is 16.2. The van der Waals surface area contributed by atoms with Gasteiger partial charge in [-0.2, -0.15) is 0 Å². The summed E-state index contributed by atoms with van der Waals surface area (Å²) >= 11 is 7.32. The summed E-state index contributed by atoms with van der Waals surface area (Å²) in [6.45, 7) is 0. The maximum Gasteiger partial charge on any atom is 0.0788 e. The lowest BCUT2D eigenvalue weighted by molar-refractivity contribution is 1.11. The van der Waals surface area contributed by atoms with Crippen molar-refractivity contribution in [2.24, 2.45) is 0 Å². The Morgan fingerprint density at radius 3 is 1.19 bits per heavy atom. The van der Waals surface area contributed by atoms with Crippen LogP contribution in [0.2, 0.25) is 0 Å². The van der Waals surface area contributed by atoms with E-state index in [1.54, 1.807) is 0 Å². The fourth-order valence-corrected chi connectivity index (χ4v) is 14.8. The first-order chi connectivity index (χ1) is 42.1. The molecule has 0 atom stereocenters. The average molecular weight is 1190 g/mol. The van der Waals surface area contributed by atoms with E-state index in [0.29, 0.717) is 0 Å². The third kappa shape index (κ3) is 8.89.